The zero-order valence-corrected chi connectivity index (χ0v) is 14.7. The van der Waals surface area contributed by atoms with Gasteiger partial charge in [-0.1, -0.05) is 19.0 Å². The van der Waals surface area contributed by atoms with Crippen LogP contribution in [0.4, 0.5) is 0 Å². The number of carbonyl (C=O) groups is 1. The van der Waals surface area contributed by atoms with Gasteiger partial charge in [-0.2, -0.15) is 4.98 Å². The van der Waals surface area contributed by atoms with E-state index < -0.39 is 0 Å². The SMILES string of the molecule is Cc1ncncc1C(=O)NC(c1nc(C(C)C)no1)C1CCOCC1. The maximum absolute atomic E-state index is 12.7. The van der Waals surface area contributed by atoms with Crippen LogP contribution in [0.25, 0.3) is 0 Å². The Morgan fingerprint density at radius 1 is 1.32 bits per heavy atom. The minimum Gasteiger partial charge on any atom is -0.381 e. The Morgan fingerprint density at radius 3 is 2.72 bits per heavy atom. The molecule has 3 heterocycles. The van der Waals surface area contributed by atoms with Gasteiger partial charge in [-0.15, -0.1) is 0 Å². The van der Waals surface area contributed by atoms with E-state index in [0.29, 0.717) is 36.2 Å². The standard InChI is InChI=1S/C17H23N5O3/c1-10(2)15-21-17(25-22-15)14(12-4-6-24-7-5-12)20-16(23)13-8-18-9-19-11(13)3/h8-10,12,14H,4-7H2,1-3H3,(H,20,23). The van der Waals surface area contributed by atoms with E-state index >= 15 is 0 Å². The summed E-state index contributed by atoms with van der Waals surface area (Å²) in [6, 6.07) is -0.351. The third-order valence-corrected chi connectivity index (χ3v) is 4.42. The Labute approximate surface area is 146 Å². The first kappa shape index (κ1) is 17.5. The van der Waals surface area contributed by atoms with Gasteiger partial charge in [-0.05, 0) is 25.7 Å². The first-order valence-electron chi connectivity index (χ1n) is 8.55. The van der Waals surface area contributed by atoms with Crippen LogP contribution in [-0.4, -0.2) is 39.2 Å². The molecule has 0 bridgehead atoms. The van der Waals surface area contributed by atoms with E-state index in [9.17, 15) is 4.79 Å². The summed E-state index contributed by atoms with van der Waals surface area (Å²) in [6.07, 6.45) is 4.60. The van der Waals surface area contributed by atoms with E-state index in [4.69, 9.17) is 9.26 Å². The average molecular weight is 345 g/mol. The van der Waals surface area contributed by atoms with Gasteiger partial charge in [0, 0.05) is 25.3 Å². The molecule has 0 saturated carbocycles. The van der Waals surface area contributed by atoms with Crippen molar-refractivity contribution in [2.45, 2.75) is 45.6 Å². The fourth-order valence-electron chi connectivity index (χ4n) is 2.87. The molecular formula is C17H23N5O3. The van der Waals surface area contributed by atoms with Gasteiger partial charge in [0.15, 0.2) is 5.82 Å². The van der Waals surface area contributed by atoms with Crippen LogP contribution < -0.4 is 5.32 Å². The van der Waals surface area contributed by atoms with Crippen LogP contribution in [0.1, 0.15) is 66.4 Å². The molecule has 25 heavy (non-hydrogen) atoms. The van der Waals surface area contributed by atoms with Crippen molar-refractivity contribution in [1.29, 1.82) is 0 Å². The minimum absolute atomic E-state index is 0.160. The highest BCUT2D eigenvalue weighted by Crippen LogP contribution is 2.30. The summed E-state index contributed by atoms with van der Waals surface area (Å²) in [5.41, 5.74) is 1.08. The van der Waals surface area contributed by atoms with Crippen molar-refractivity contribution < 1.29 is 14.1 Å². The minimum atomic E-state index is -0.351. The first-order valence-corrected chi connectivity index (χ1v) is 8.55. The molecule has 134 valence electrons. The summed E-state index contributed by atoms with van der Waals surface area (Å²) in [4.78, 5) is 25.2. The molecule has 3 rings (SSSR count). The lowest BCUT2D eigenvalue weighted by atomic mass is 9.91. The summed E-state index contributed by atoms with van der Waals surface area (Å²) in [6.45, 7) is 7.11. The largest absolute Gasteiger partial charge is 0.381 e. The van der Waals surface area contributed by atoms with Gasteiger partial charge in [0.05, 0.1) is 11.3 Å². The molecule has 1 N–H and O–H groups in total. The second-order valence-corrected chi connectivity index (χ2v) is 6.57. The molecule has 1 unspecified atom stereocenters. The molecule has 8 nitrogen and oxygen atoms in total. The summed E-state index contributed by atoms with van der Waals surface area (Å²) in [7, 11) is 0. The summed E-state index contributed by atoms with van der Waals surface area (Å²) >= 11 is 0. The van der Waals surface area contributed by atoms with Crippen molar-refractivity contribution in [3.8, 4) is 0 Å². The van der Waals surface area contributed by atoms with E-state index in [0.717, 1.165) is 12.8 Å². The number of hydrogen-bond donors (Lipinski definition) is 1. The summed E-state index contributed by atoms with van der Waals surface area (Å²) in [5.74, 6) is 1.19. The van der Waals surface area contributed by atoms with Crippen molar-refractivity contribution in [3.05, 3.63) is 35.5 Å². The lowest BCUT2D eigenvalue weighted by Gasteiger charge is -2.28. The zero-order chi connectivity index (χ0) is 17.8. The molecule has 1 fully saturated rings. The maximum Gasteiger partial charge on any atom is 0.255 e. The Morgan fingerprint density at radius 2 is 2.08 bits per heavy atom. The van der Waals surface area contributed by atoms with Crippen LogP contribution in [-0.2, 0) is 4.74 Å². The van der Waals surface area contributed by atoms with Gasteiger partial charge in [0.2, 0.25) is 5.89 Å². The van der Waals surface area contributed by atoms with Crippen molar-refractivity contribution in [2.75, 3.05) is 13.2 Å². The Hall–Kier alpha value is -2.35. The number of aromatic nitrogens is 4. The van der Waals surface area contributed by atoms with Crippen LogP contribution in [0.3, 0.4) is 0 Å². The van der Waals surface area contributed by atoms with Crippen molar-refractivity contribution in [3.63, 3.8) is 0 Å². The van der Waals surface area contributed by atoms with Gasteiger partial charge in [0.25, 0.3) is 5.91 Å². The molecule has 1 aliphatic heterocycles. The molecule has 0 spiro atoms. The molecule has 0 radical (unpaired) electrons. The topological polar surface area (TPSA) is 103 Å². The number of amides is 1. The number of carbonyl (C=O) groups excluding carboxylic acids is 1. The number of rotatable bonds is 5. The fraction of sp³-hybridized carbons (Fsp3) is 0.588. The molecule has 1 amide bonds. The van der Waals surface area contributed by atoms with Crippen molar-refractivity contribution in [2.24, 2.45) is 5.92 Å². The van der Waals surface area contributed by atoms with Gasteiger partial charge in [-0.25, -0.2) is 9.97 Å². The molecular weight excluding hydrogens is 322 g/mol. The number of nitrogens with one attached hydrogen (secondary N) is 1. The molecule has 0 aliphatic carbocycles. The fourth-order valence-corrected chi connectivity index (χ4v) is 2.87. The van der Waals surface area contributed by atoms with Crippen LogP contribution >= 0.6 is 0 Å². The highest BCUT2D eigenvalue weighted by atomic mass is 16.5. The summed E-state index contributed by atoms with van der Waals surface area (Å²) in [5, 5.41) is 7.08. The second kappa shape index (κ2) is 7.69. The van der Waals surface area contributed by atoms with E-state index in [1.54, 1.807) is 6.92 Å². The molecule has 2 aromatic heterocycles. The van der Waals surface area contributed by atoms with Crippen molar-refractivity contribution >= 4 is 5.91 Å². The first-order chi connectivity index (χ1) is 12.1. The zero-order valence-electron chi connectivity index (χ0n) is 14.7. The van der Waals surface area contributed by atoms with E-state index in [-0.39, 0.29) is 23.8 Å². The second-order valence-electron chi connectivity index (χ2n) is 6.57. The Kier molecular flexibility index (Phi) is 5.37. The van der Waals surface area contributed by atoms with Crippen molar-refractivity contribution in [1.82, 2.24) is 25.4 Å². The normalized spacial score (nSPS) is 16.8. The maximum atomic E-state index is 12.7. The monoisotopic (exact) mass is 345 g/mol. The predicted octanol–water partition coefficient (Wildman–Crippen LogP) is 2.19. The number of aryl methyl sites for hydroxylation is 1. The molecule has 0 aromatic carbocycles. The molecule has 1 saturated heterocycles. The lowest BCUT2D eigenvalue weighted by molar-refractivity contribution is 0.0467. The smallest absolute Gasteiger partial charge is 0.255 e. The van der Waals surface area contributed by atoms with E-state index in [2.05, 4.69) is 25.4 Å². The Bertz CT molecular complexity index is 725. The van der Waals surface area contributed by atoms with Gasteiger partial charge in [-0.3, -0.25) is 4.79 Å². The van der Waals surface area contributed by atoms with Crippen LogP contribution in [0.15, 0.2) is 17.0 Å². The van der Waals surface area contributed by atoms with Gasteiger partial charge < -0.3 is 14.6 Å². The predicted molar refractivity (Wildman–Crippen MR) is 88.9 cm³/mol. The van der Waals surface area contributed by atoms with Crippen LogP contribution in [0, 0.1) is 12.8 Å². The molecule has 8 heteroatoms. The third kappa shape index (κ3) is 4.01. The average Bonchev–Trinajstić information content (AvgIpc) is 3.11. The highest BCUT2D eigenvalue weighted by molar-refractivity contribution is 5.95. The van der Waals surface area contributed by atoms with Crippen LogP contribution in [0.2, 0.25) is 0 Å². The van der Waals surface area contributed by atoms with Gasteiger partial charge in [0.1, 0.15) is 12.4 Å². The number of nitrogens with zero attached hydrogens (tertiary/aromatic N) is 4. The van der Waals surface area contributed by atoms with Gasteiger partial charge >= 0.3 is 0 Å². The summed E-state index contributed by atoms with van der Waals surface area (Å²) < 4.78 is 10.9. The number of hydrogen-bond acceptors (Lipinski definition) is 7. The Balaban J connectivity index is 1.85. The lowest BCUT2D eigenvalue weighted by Crippen LogP contribution is -2.36. The molecule has 1 atom stereocenters. The van der Waals surface area contributed by atoms with E-state index in [1.807, 2.05) is 13.8 Å². The van der Waals surface area contributed by atoms with Crippen LogP contribution in [0.5, 0.6) is 0 Å². The number of ether oxygens (including phenoxy) is 1. The molecule has 1 aliphatic rings. The quantitative estimate of drug-likeness (QED) is 0.886. The third-order valence-electron chi connectivity index (χ3n) is 4.42. The highest BCUT2D eigenvalue weighted by Gasteiger charge is 2.32. The molecule has 2 aromatic rings. The van der Waals surface area contributed by atoms with E-state index in [1.165, 1.54) is 12.5 Å².